The van der Waals surface area contributed by atoms with Crippen molar-refractivity contribution in [2.75, 3.05) is 23.3 Å². The number of nitrogens with one attached hydrogen (secondary N) is 2. The monoisotopic (exact) mass is 436 g/mol. The molecule has 168 valence electrons. The molecule has 0 aromatic heterocycles. The third-order valence-corrected chi connectivity index (χ3v) is 5.43. The van der Waals surface area contributed by atoms with Gasteiger partial charge in [0.15, 0.2) is 0 Å². The Balaban J connectivity index is 1.68. The molecule has 8 nitrogen and oxygen atoms in total. The van der Waals surface area contributed by atoms with Crippen molar-refractivity contribution in [3.63, 3.8) is 0 Å². The summed E-state index contributed by atoms with van der Waals surface area (Å²) in [5, 5.41) is 5.39. The first-order valence-corrected chi connectivity index (χ1v) is 10.6. The Labute approximate surface area is 187 Å². The lowest BCUT2D eigenvalue weighted by molar-refractivity contribution is -0.122. The number of anilines is 2. The lowest BCUT2D eigenvalue weighted by Gasteiger charge is -2.19. The van der Waals surface area contributed by atoms with Crippen molar-refractivity contribution in [1.29, 1.82) is 0 Å². The molecule has 0 aliphatic carbocycles. The van der Waals surface area contributed by atoms with E-state index in [0.29, 0.717) is 11.6 Å². The number of primary amides is 1. The van der Waals surface area contributed by atoms with Gasteiger partial charge in [-0.2, -0.15) is 0 Å². The molecule has 0 radical (unpaired) electrons. The van der Waals surface area contributed by atoms with Gasteiger partial charge in [0, 0.05) is 31.6 Å². The van der Waals surface area contributed by atoms with Crippen molar-refractivity contribution >= 4 is 35.0 Å². The number of amides is 4. The van der Waals surface area contributed by atoms with Gasteiger partial charge in [0.2, 0.25) is 17.7 Å². The van der Waals surface area contributed by atoms with E-state index in [1.54, 1.807) is 29.2 Å². The van der Waals surface area contributed by atoms with Crippen molar-refractivity contribution in [2.45, 2.75) is 32.6 Å². The molecule has 32 heavy (non-hydrogen) atoms. The minimum absolute atomic E-state index is 0.0261. The smallest absolute Gasteiger partial charge is 0.253 e. The zero-order valence-corrected chi connectivity index (χ0v) is 18.3. The van der Waals surface area contributed by atoms with Crippen LogP contribution in [-0.4, -0.2) is 36.7 Å². The second kappa shape index (κ2) is 10.1. The molecule has 2 aromatic rings. The van der Waals surface area contributed by atoms with Gasteiger partial charge in [0.25, 0.3) is 5.91 Å². The molecule has 2 aromatic carbocycles. The molecule has 3 rings (SSSR count). The van der Waals surface area contributed by atoms with Crippen LogP contribution in [0.15, 0.2) is 48.5 Å². The average Bonchev–Trinajstić information content (AvgIpc) is 3.15. The SMILES string of the molecule is CC(C)c1cccc(N2CC(C(=O)Nc3ccccc3C(=O)NCCC(N)=O)CC2=O)c1. The maximum Gasteiger partial charge on any atom is 0.253 e. The summed E-state index contributed by atoms with van der Waals surface area (Å²) in [7, 11) is 0. The lowest BCUT2D eigenvalue weighted by atomic mass is 10.0. The number of nitrogens with zero attached hydrogens (tertiary/aromatic N) is 1. The highest BCUT2D eigenvalue weighted by atomic mass is 16.2. The Morgan fingerprint density at radius 2 is 1.88 bits per heavy atom. The molecule has 4 amide bonds. The van der Waals surface area contributed by atoms with E-state index in [1.807, 2.05) is 24.3 Å². The van der Waals surface area contributed by atoms with Crippen LogP contribution in [0.4, 0.5) is 11.4 Å². The summed E-state index contributed by atoms with van der Waals surface area (Å²) < 4.78 is 0. The summed E-state index contributed by atoms with van der Waals surface area (Å²) >= 11 is 0. The van der Waals surface area contributed by atoms with Gasteiger partial charge in [-0.25, -0.2) is 0 Å². The van der Waals surface area contributed by atoms with Gasteiger partial charge >= 0.3 is 0 Å². The van der Waals surface area contributed by atoms with E-state index in [-0.39, 0.29) is 43.3 Å². The van der Waals surface area contributed by atoms with Gasteiger partial charge in [-0.1, -0.05) is 38.1 Å². The number of hydrogen-bond donors (Lipinski definition) is 3. The van der Waals surface area contributed by atoms with Crippen LogP contribution in [-0.2, 0) is 14.4 Å². The number of carbonyl (C=O) groups is 4. The maximum absolute atomic E-state index is 12.9. The quantitative estimate of drug-likeness (QED) is 0.588. The Kier molecular flexibility index (Phi) is 7.25. The van der Waals surface area contributed by atoms with Crippen LogP contribution in [0.25, 0.3) is 0 Å². The van der Waals surface area contributed by atoms with Crippen molar-refractivity contribution in [2.24, 2.45) is 11.7 Å². The first-order chi connectivity index (χ1) is 15.3. The van der Waals surface area contributed by atoms with Gasteiger partial charge in [0.05, 0.1) is 17.2 Å². The molecular weight excluding hydrogens is 408 g/mol. The molecule has 1 saturated heterocycles. The summed E-state index contributed by atoms with van der Waals surface area (Å²) in [4.78, 5) is 50.5. The van der Waals surface area contributed by atoms with Crippen molar-refractivity contribution in [1.82, 2.24) is 5.32 Å². The minimum atomic E-state index is -0.531. The lowest BCUT2D eigenvalue weighted by Crippen LogP contribution is -2.30. The Morgan fingerprint density at radius 1 is 1.12 bits per heavy atom. The van der Waals surface area contributed by atoms with Gasteiger partial charge in [-0.05, 0) is 35.7 Å². The number of nitrogens with two attached hydrogens (primary N) is 1. The molecule has 1 aliphatic rings. The number of para-hydroxylation sites is 1. The molecule has 1 heterocycles. The average molecular weight is 437 g/mol. The van der Waals surface area contributed by atoms with Crippen LogP contribution in [0, 0.1) is 5.92 Å². The van der Waals surface area contributed by atoms with E-state index in [4.69, 9.17) is 5.73 Å². The first kappa shape index (κ1) is 23.0. The number of benzene rings is 2. The molecule has 1 unspecified atom stereocenters. The highest BCUT2D eigenvalue weighted by Gasteiger charge is 2.35. The third kappa shape index (κ3) is 5.51. The van der Waals surface area contributed by atoms with Gasteiger partial charge in [-0.15, -0.1) is 0 Å². The molecule has 4 N–H and O–H groups in total. The number of carbonyl (C=O) groups excluding carboxylic acids is 4. The summed E-state index contributed by atoms with van der Waals surface area (Å²) in [6.07, 6.45) is 0.128. The normalized spacial score (nSPS) is 15.7. The molecule has 1 fully saturated rings. The predicted molar refractivity (Wildman–Crippen MR) is 122 cm³/mol. The van der Waals surface area contributed by atoms with Crippen LogP contribution >= 0.6 is 0 Å². The number of rotatable bonds is 8. The van der Waals surface area contributed by atoms with E-state index in [9.17, 15) is 19.2 Å². The van der Waals surface area contributed by atoms with Gasteiger partial charge < -0.3 is 21.3 Å². The highest BCUT2D eigenvalue weighted by molar-refractivity contribution is 6.07. The predicted octanol–water partition coefficient (Wildman–Crippen LogP) is 2.41. The van der Waals surface area contributed by atoms with E-state index >= 15 is 0 Å². The topological polar surface area (TPSA) is 122 Å². The Hall–Kier alpha value is -3.68. The van der Waals surface area contributed by atoms with Gasteiger partial charge in [-0.3, -0.25) is 19.2 Å². The number of hydrogen-bond acceptors (Lipinski definition) is 4. The van der Waals surface area contributed by atoms with E-state index < -0.39 is 17.7 Å². The van der Waals surface area contributed by atoms with Crippen LogP contribution in [0.2, 0.25) is 0 Å². The molecule has 0 bridgehead atoms. The molecular formula is C24H28N4O4. The fourth-order valence-electron chi connectivity index (χ4n) is 3.60. The molecule has 1 atom stereocenters. The Bertz CT molecular complexity index is 1030. The zero-order chi connectivity index (χ0) is 23.3. The minimum Gasteiger partial charge on any atom is -0.370 e. The van der Waals surface area contributed by atoms with E-state index in [0.717, 1.165) is 11.3 Å². The van der Waals surface area contributed by atoms with Crippen molar-refractivity contribution in [3.05, 3.63) is 59.7 Å². The largest absolute Gasteiger partial charge is 0.370 e. The van der Waals surface area contributed by atoms with Crippen LogP contribution in [0.5, 0.6) is 0 Å². The van der Waals surface area contributed by atoms with Crippen molar-refractivity contribution < 1.29 is 19.2 Å². The molecule has 1 aliphatic heterocycles. The molecule has 0 spiro atoms. The zero-order valence-electron chi connectivity index (χ0n) is 18.3. The fourth-order valence-corrected chi connectivity index (χ4v) is 3.60. The molecule has 8 heteroatoms. The first-order valence-electron chi connectivity index (χ1n) is 10.6. The summed E-state index contributed by atoms with van der Waals surface area (Å²) in [6.45, 7) is 4.56. The summed E-state index contributed by atoms with van der Waals surface area (Å²) in [6, 6.07) is 14.4. The second-order valence-electron chi connectivity index (χ2n) is 8.16. The molecule has 0 saturated carbocycles. The third-order valence-electron chi connectivity index (χ3n) is 5.43. The van der Waals surface area contributed by atoms with Crippen molar-refractivity contribution in [3.8, 4) is 0 Å². The van der Waals surface area contributed by atoms with E-state index in [2.05, 4.69) is 24.5 Å². The second-order valence-corrected chi connectivity index (χ2v) is 8.16. The van der Waals surface area contributed by atoms with E-state index in [1.165, 1.54) is 0 Å². The standard InChI is InChI=1S/C24H28N4O4/c1-15(2)16-6-5-7-18(12-16)28-14-17(13-22(28)30)23(31)27-20-9-4-3-8-19(20)24(32)26-11-10-21(25)29/h3-9,12,15,17H,10-11,13-14H2,1-2H3,(H2,25,29)(H,26,32)(H,27,31). The fraction of sp³-hybridized carbons (Fsp3) is 0.333. The summed E-state index contributed by atoms with van der Waals surface area (Å²) in [5.74, 6) is -1.56. The van der Waals surface area contributed by atoms with Crippen LogP contribution in [0.3, 0.4) is 0 Å². The van der Waals surface area contributed by atoms with Gasteiger partial charge in [0.1, 0.15) is 0 Å². The summed E-state index contributed by atoms with van der Waals surface area (Å²) in [5.41, 5.74) is 7.62. The maximum atomic E-state index is 12.9. The van der Waals surface area contributed by atoms with Crippen LogP contribution in [0.1, 0.15) is 48.5 Å². The van der Waals surface area contributed by atoms with Crippen LogP contribution < -0.4 is 21.3 Å². The highest BCUT2D eigenvalue weighted by Crippen LogP contribution is 2.29. The Morgan fingerprint density at radius 3 is 2.59 bits per heavy atom.